The Labute approximate surface area is 192 Å². The maximum atomic E-state index is 4.14. The van der Waals surface area contributed by atoms with Crippen LogP contribution < -0.4 is 10.6 Å². The molecule has 156 valence electrons. The first-order chi connectivity index (χ1) is 13.5. The summed E-state index contributed by atoms with van der Waals surface area (Å²) in [5, 5.41) is 14.4. The van der Waals surface area contributed by atoms with E-state index in [0.717, 1.165) is 22.8 Å². The van der Waals surface area contributed by atoms with Crippen LogP contribution >= 0.6 is 0 Å². The molecule has 2 rings (SSSR count). The first-order valence-electron chi connectivity index (χ1n) is 8.28. The van der Waals surface area contributed by atoms with Gasteiger partial charge in [-0.2, -0.15) is 0 Å². The molecule has 8 nitrogen and oxygen atoms in total. The summed E-state index contributed by atoms with van der Waals surface area (Å²) in [6.45, 7) is 3.70. The van der Waals surface area contributed by atoms with Crippen molar-refractivity contribution in [1.29, 1.82) is 0 Å². The average molecular weight is 475 g/mol. The molecule has 2 aromatic rings. The zero-order valence-corrected chi connectivity index (χ0v) is 19.3. The van der Waals surface area contributed by atoms with Crippen LogP contribution in [0, 0.1) is 0 Å². The number of nitrogens with zero attached hydrogens (tertiary/aromatic N) is 6. The Morgan fingerprint density at radius 1 is 0.793 bits per heavy atom. The number of hydrogen-bond acceptors (Lipinski definition) is 4. The van der Waals surface area contributed by atoms with Gasteiger partial charge in [-0.25, -0.2) is 0 Å². The van der Waals surface area contributed by atoms with Gasteiger partial charge in [0.15, 0.2) is 34.7 Å². The van der Waals surface area contributed by atoms with Crippen LogP contribution in [-0.2, 0) is 40.9 Å². The predicted octanol–water partition coefficient (Wildman–Crippen LogP) is 1.53. The van der Waals surface area contributed by atoms with Crippen molar-refractivity contribution in [1.82, 2.24) is 20.6 Å². The summed E-state index contributed by atoms with van der Waals surface area (Å²) in [6.07, 6.45) is 3.44. The van der Waals surface area contributed by atoms with Gasteiger partial charge in [-0.15, -0.1) is 0 Å². The van der Waals surface area contributed by atoms with Gasteiger partial charge in [0.2, 0.25) is 0 Å². The number of rotatable bonds is 4. The van der Waals surface area contributed by atoms with Gasteiger partial charge in [0, 0.05) is 23.8 Å². The van der Waals surface area contributed by atoms with Crippen molar-refractivity contribution in [2.45, 2.75) is 13.8 Å². The van der Waals surface area contributed by atoms with Gasteiger partial charge in [0.25, 0.3) is 0 Å². The van der Waals surface area contributed by atoms with Gasteiger partial charge in [-0.1, -0.05) is 12.1 Å². The second kappa shape index (κ2) is 15.7. The summed E-state index contributed by atoms with van der Waals surface area (Å²) in [4.78, 5) is 8.27. The summed E-state index contributed by atoms with van der Waals surface area (Å²) >= 11 is 8.06. The minimum Gasteiger partial charge on any atom is -0.515 e. The van der Waals surface area contributed by atoms with Gasteiger partial charge in [-0.05, 0) is 52.2 Å². The minimum absolute atomic E-state index is 0. The van der Waals surface area contributed by atoms with E-state index >= 15 is 0 Å². The molecule has 0 saturated carbocycles. The predicted molar refractivity (Wildman–Crippen MR) is 125 cm³/mol. The van der Waals surface area contributed by atoms with E-state index in [-0.39, 0.29) is 16.5 Å². The van der Waals surface area contributed by atoms with E-state index < -0.39 is 0 Å². The van der Waals surface area contributed by atoms with Crippen molar-refractivity contribution in [3.8, 4) is 0 Å². The molecular weight excluding hydrogens is 451 g/mol. The molecule has 0 aromatic carbocycles. The van der Waals surface area contributed by atoms with E-state index in [9.17, 15) is 0 Å². The Kier molecular flexibility index (Phi) is 14.5. The van der Waals surface area contributed by atoms with Crippen molar-refractivity contribution in [3.05, 3.63) is 71.0 Å². The molecule has 0 aliphatic rings. The largest absolute Gasteiger partial charge is 2.00 e. The van der Waals surface area contributed by atoms with Crippen LogP contribution in [0.25, 0.3) is 10.9 Å². The molecule has 0 bridgehead atoms. The summed E-state index contributed by atoms with van der Waals surface area (Å²) in [5.41, 5.74) is 10.8. The van der Waals surface area contributed by atoms with Crippen molar-refractivity contribution < 1.29 is 16.5 Å². The van der Waals surface area contributed by atoms with Crippen molar-refractivity contribution in [2.24, 2.45) is 10.2 Å². The Morgan fingerprint density at radius 2 is 1.17 bits per heavy atom. The maximum absolute atomic E-state index is 4.14. The third-order valence-corrected chi connectivity index (χ3v) is 3.73. The van der Waals surface area contributed by atoms with Gasteiger partial charge in [0.1, 0.15) is 0 Å². The van der Waals surface area contributed by atoms with E-state index in [4.69, 9.17) is 0 Å². The summed E-state index contributed by atoms with van der Waals surface area (Å²) in [5.74, 6) is 0. The zero-order valence-electron chi connectivity index (χ0n) is 16.5. The molecule has 0 fully saturated rings. The van der Waals surface area contributed by atoms with Crippen molar-refractivity contribution >= 4 is 46.1 Å². The van der Waals surface area contributed by atoms with Crippen LogP contribution in [0.5, 0.6) is 0 Å². The van der Waals surface area contributed by atoms with Crippen LogP contribution in [0.3, 0.4) is 0 Å². The summed E-state index contributed by atoms with van der Waals surface area (Å²) in [6, 6.07) is 11.3. The van der Waals surface area contributed by atoms with Gasteiger partial charge in [0.05, 0.1) is 11.4 Å². The number of aromatic nitrogens is 2. The van der Waals surface area contributed by atoms with E-state index in [1.54, 1.807) is 26.5 Å². The minimum atomic E-state index is 0. The molecule has 0 spiro atoms. The fourth-order valence-electron chi connectivity index (χ4n) is 1.60. The summed E-state index contributed by atoms with van der Waals surface area (Å²) < 4.78 is 0. The first-order valence-corrected chi connectivity index (χ1v) is 9.18. The third-order valence-electron chi connectivity index (χ3n) is 3.11. The first kappa shape index (κ1) is 26.8. The van der Waals surface area contributed by atoms with Crippen LogP contribution in [0.15, 0.2) is 59.0 Å². The zero-order chi connectivity index (χ0) is 20.8. The number of hydrogen-bond donors (Lipinski definition) is 2. The molecule has 29 heavy (non-hydrogen) atoms. The fourth-order valence-corrected chi connectivity index (χ4v) is 1.69. The van der Waals surface area contributed by atoms with E-state index in [1.807, 2.05) is 50.2 Å². The summed E-state index contributed by atoms with van der Waals surface area (Å²) in [7, 11) is 3.47. The van der Waals surface area contributed by atoms with Crippen LogP contribution in [0.2, 0.25) is 0 Å². The normalized spacial score (nSPS) is 10.8. The Hall–Kier alpha value is -2.17. The van der Waals surface area contributed by atoms with Crippen LogP contribution in [0.1, 0.15) is 25.2 Å². The molecule has 0 aliphatic heterocycles. The number of nitrogens with one attached hydrogen (secondary N) is 2. The molecule has 2 N–H and O–H groups in total. The molecule has 0 atom stereocenters. The van der Waals surface area contributed by atoms with Crippen LogP contribution in [-0.4, -0.2) is 45.7 Å². The standard InChI is InChI=1S/2C9H12N4S.Ni/c2*1-7(12-13-9(14)10-2)8-5-3-4-6-11-8;/h2*3-6H,1-2H3,(H2,10,11,13,14);/q;;+2. The molecule has 0 aliphatic carbocycles. The van der Waals surface area contributed by atoms with E-state index in [1.165, 1.54) is 0 Å². The molecule has 0 amide bonds. The topological polar surface area (TPSA) is 103 Å². The Balaban J connectivity index is 0.000000523. The fraction of sp³-hybridized carbons (Fsp3) is 0.222. The third kappa shape index (κ3) is 11.4. The molecule has 2 heterocycles. The van der Waals surface area contributed by atoms with E-state index in [2.05, 4.69) is 66.1 Å². The maximum Gasteiger partial charge on any atom is 2.00 e. The van der Waals surface area contributed by atoms with Crippen molar-refractivity contribution in [2.75, 3.05) is 14.1 Å². The Bertz CT molecular complexity index is 744. The van der Waals surface area contributed by atoms with E-state index in [0.29, 0.717) is 10.2 Å². The van der Waals surface area contributed by atoms with Gasteiger partial charge >= 0.3 is 16.5 Å². The molecule has 11 heteroatoms. The second-order valence-electron chi connectivity index (χ2n) is 5.15. The monoisotopic (exact) mass is 474 g/mol. The second-order valence-corrected chi connectivity index (χ2v) is 6.00. The molecular formula is C18H24N8NiS2+2. The molecule has 2 aromatic heterocycles. The quantitative estimate of drug-likeness (QED) is 0.175. The average Bonchev–Trinajstić information content (AvgIpc) is 2.76. The van der Waals surface area contributed by atoms with Crippen molar-refractivity contribution in [3.63, 3.8) is 0 Å². The Morgan fingerprint density at radius 3 is 1.45 bits per heavy atom. The smallest absolute Gasteiger partial charge is 0.515 e. The van der Waals surface area contributed by atoms with Gasteiger partial charge in [-0.3, -0.25) is 20.6 Å². The number of thiol groups is 2. The van der Waals surface area contributed by atoms with Gasteiger partial charge < -0.3 is 21.1 Å². The molecule has 0 radical (unpaired) electrons. The SMILES string of the molecule is CNC(=[SH+])[N-]N=C(C)c1ccccn1.CNC(=[SH+])[N-]N=C(C)c1ccccn1.[Ni+2]. The molecule has 0 saturated heterocycles. The number of pyridine rings is 2. The van der Waals surface area contributed by atoms with Crippen LogP contribution in [0.4, 0.5) is 0 Å². The molecule has 0 unspecified atom stereocenters.